The number of hydrogen-bond acceptors (Lipinski definition) is 2. The molecule has 1 heterocycles. The van der Waals surface area contributed by atoms with E-state index in [0.29, 0.717) is 0 Å². The van der Waals surface area contributed by atoms with Crippen LogP contribution in [0.1, 0.15) is 0 Å². The predicted molar refractivity (Wildman–Crippen MR) is 154 cm³/mol. The van der Waals surface area contributed by atoms with Crippen LogP contribution in [0.4, 0.5) is 0 Å². The van der Waals surface area contributed by atoms with Crippen LogP contribution in [0.2, 0.25) is 0 Å². The SMILES string of the molecule is [Au+].c1ccc(-c2cnn[n-]2)cc1.c1ccc([PH+](c2ccccc2)c2ccccc2)cc1.c1ccccc1. The number of rotatable bonds is 4. The molecule has 0 atom stereocenters. The second-order valence-electron chi connectivity index (χ2n) is 7.81. The van der Waals surface area contributed by atoms with Gasteiger partial charge in [-0.1, -0.05) is 128 Å². The second-order valence-corrected chi connectivity index (χ2v) is 10.3. The van der Waals surface area contributed by atoms with Gasteiger partial charge in [-0.05, 0) is 47.7 Å². The molecule has 0 saturated heterocycles. The molecule has 0 aliphatic heterocycles. The van der Waals surface area contributed by atoms with Gasteiger partial charge in [0.1, 0.15) is 15.9 Å². The Balaban J connectivity index is 0.000000178. The monoisotopic (exact) mass is 682 g/mol. The van der Waals surface area contributed by atoms with Crippen molar-refractivity contribution in [2.45, 2.75) is 0 Å². The molecule has 0 radical (unpaired) electrons. The summed E-state index contributed by atoms with van der Waals surface area (Å²) in [5, 5.41) is 15.3. The molecule has 0 aliphatic carbocycles. The van der Waals surface area contributed by atoms with E-state index in [2.05, 4.69) is 106 Å². The van der Waals surface area contributed by atoms with Gasteiger partial charge in [-0.15, -0.1) is 0 Å². The van der Waals surface area contributed by atoms with Crippen molar-refractivity contribution < 1.29 is 22.4 Å². The third kappa shape index (κ3) is 9.09. The van der Waals surface area contributed by atoms with Gasteiger partial charge in [-0.3, -0.25) is 5.21 Å². The fourth-order valence-corrected chi connectivity index (χ4v) is 6.20. The van der Waals surface area contributed by atoms with Gasteiger partial charge in [0.2, 0.25) is 0 Å². The Kier molecular flexibility index (Phi) is 12.3. The molecule has 5 aromatic carbocycles. The summed E-state index contributed by atoms with van der Waals surface area (Å²) in [5.74, 6) is 0. The summed E-state index contributed by atoms with van der Waals surface area (Å²) in [7, 11) is -0.877. The van der Waals surface area contributed by atoms with E-state index in [1.54, 1.807) is 6.20 Å². The first-order valence-corrected chi connectivity index (χ1v) is 13.3. The van der Waals surface area contributed by atoms with Gasteiger partial charge in [0, 0.05) is 0 Å². The van der Waals surface area contributed by atoms with Crippen molar-refractivity contribution in [3.63, 3.8) is 0 Å². The smallest absolute Gasteiger partial charge is 0.358 e. The van der Waals surface area contributed by atoms with Crippen molar-refractivity contribution in [2.75, 3.05) is 0 Å². The molecule has 5 heteroatoms. The Labute approximate surface area is 235 Å². The number of benzene rings is 5. The van der Waals surface area contributed by atoms with Crippen molar-refractivity contribution in [3.05, 3.63) is 164 Å². The van der Waals surface area contributed by atoms with Crippen molar-refractivity contribution in [1.29, 1.82) is 0 Å². The normalized spacial score (nSPS) is 9.65. The third-order valence-electron chi connectivity index (χ3n) is 5.31. The summed E-state index contributed by atoms with van der Waals surface area (Å²) >= 11 is 0. The molecule has 0 unspecified atom stereocenters. The van der Waals surface area contributed by atoms with Crippen molar-refractivity contribution in [2.24, 2.45) is 0 Å². The Hall–Kier alpha value is -3.59. The number of aromatic nitrogens is 3. The molecule has 0 saturated carbocycles. The van der Waals surface area contributed by atoms with E-state index in [0.717, 1.165) is 11.3 Å². The van der Waals surface area contributed by atoms with Gasteiger partial charge in [0.05, 0.1) is 7.92 Å². The van der Waals surface area contributed by atoms with Crippen LogP contribution in [-0.4, -0.2) is 10.3 Å². The largest absolute Gasteiger partial charge is 1.00 e. The van der Waals surface area contributed by atoms with Gasteiger partial charge >= 0.3 is 22.4 Å². The van der Waals surface area contributed by atoms with Gasteiger partial charge in [-0.25, -0.2) is 0 Å². The molecular formula is C32H28AuN3P+. The number of nitrogens with zero attached hydrogens (tertiary/aromatic N) is 3. The van der Waals surface area contributed by atoms with Crippen LogP contribution in [0.5, 0.6) is 0 Å². The Morgan fingerprint density at radius 3 is 1.08 bits per heavy atom. The summed E-state index contributed by atoms with van der Waals surface area (Å²) in [6.45, 7) is 0. The second kappa shape index (κ2) is 16.2. The maximum absolute atomic E-state index is 3.83. The van der Waals surface area contributed by atoms with E-state index < -0.39 is 7.92 Å². The van der Waals surface area contributed by atoms with Crippen LogP contribution in [0.3, 0.4) is 0 Å². The Morgan fingerprint density at radius 1 is 0.432 bits per heavy atom. The average molecular weight is 683 g/mol. The molecule has 186 valence electrons. The summed E-state index contributed by atoms with van der Waals surface area (Å²) in [4.78, 5) is 0. The van der Waals surface area contributed by atoms with Crippen molar-refractivity contribution >= 4 is 23.8 Å². The average Bonchev–Trinajstić information content (AvgIpc) is 3.53. The summed E-state index contributed by atoms with van der Waals surface area (Å²) < 4.78 is 0. The van der Waals surface area contributed by atoms with Gasteiger partial charge in [0.25, 0.3) is 0 Å². The predicted octanol–water partition coefficient (Wildman–Crippen LogP) is 5.96. The first-order valence-electron chi connectivity index (χ1n) is 11.8. The van der Waals surface area contributed by atoms with Crippen LogP contribution >= 0.6 is 7.92 Å². The van der Waals surface area contributed by atoms with E-state index >= 15 is 0 Å². The molecule has 6 aromatic rings. The molecule has 0 fully saturated rings. The molecule has 0 spiro atoms. The minimum Gasteiger partial charge on any atom is -0.358 e. The van der Waals surface area contributed by atoms with Crippen molar-refractivity contribution in [1.82, 2.24) is 15.4 Å². The van der Waals surface area contributed by atoms with Crippen LogP contribution in [-0.2, 0) is 22.4 Å². The quantitative estimate of drug-likeness (QED) is 0.170. The van der Waals surface area contributed by atoms with Crippen LogP contribution < -0.4 is 21.0 Å². The Morgan fingerprint density at radius 2 is 0.757 bits per heavy atom. The van der Waals surface area contributed by atoms with E-state index in [1.807, 2.05) is 66.7 Å². The maximum atomic E-state index is 3.83. The van der Waals surface area contributed by atoms with Gasteiger partial charge in [0.15, 0.2) is 0 Å². The van der Waals surface area contributed by atoms with Crippen LogP contribution in [0, 0.1) is 0 Å². The van der Waals surface area contributed by atoms with E-state index in [9.17, 15) is 0 Å². The van der Waals surface area contributed by atoms with Crippen molar-refractivity contribution in [3.8, 4) is 11.3 Å². The molecule has 3 nitrogen and oxygen atoms in total. The molecule has 1 aromatic heterocycles. The first kappa shape index (κ1) is 28.0. The molecule has 6 rings (SSSR count). The first-order chi connectivity index (χ1) is 17.9. The van der Waals surface area contributed by atoms with E-state index in [1.165, 1.54) is 15.9 Å². The number of hydrogen-bond donors (Lipinski definition) is 0. The third-order valence-corrected chi connectivity index (χ3v) is 8.04. The van der Waals surface area contributed by atoms with Gasteiger partial charge in [-0.2, -0.15) is 0 Å². The summed E-state index contributed by atoms with van der Waals surface area (Å²) in [6, 6.07) is 54.3. The van der Waals surface area contributed by atoms with Crippen LogP contribution in [0.15, 0.2) is 164 Å². The van der Waals surface area contributed by atoms with E-state index in [4.69, 9.17) is 0 Å². The fraction of sp³-hybridized carbons (Fsp3) is 0. The molecule has 0 aliphatic rings. The zero-order valence-electron chi connectivity index (χ0n) is 20.2. The topological polar surface area (TPSA) is 39.9 Å². The molecule has 0 bridgehead atoms. The standard InChI is InChI=1S/C18H15P.C8H6N3.C6H6.Au/c1-4-10-16(11-5-1)19(17-12-6-2-7-13-17)18-14-8-3-9-15-18;1-2-4-7(5-3-1)8-6-9-11-10-8;1-2-4-6-5-3-1;/h1-15H;1-6H;1-6H;/q;-1;;+1/p+1. The molecule has 0 amide bonds. The Bertz CT molecular complexity index is 1230. The van der Waals surface area contributed by atoms with E-state index in [-0.39, 0.29) is 22.4 Å². The van der Waals surface area contributed by atoms with Crippen LogP contribution in [0.25, 0.3) is 11.3 Å². The zero-order chi connectivity index (χ0) is 24.7. The molecule has 0 N–H and O–H groups in total. The summed E-state index contributed by atoms with van der Waals surface area (Å²) in [5.41, 5.74) is 1.88. The zero-order valence-corrected chi connectivity index (χ0v) is 23.4. The minimum absolute atomic E-state index is 0. The molecular weight excluding hydrogens is 654 g/mol. The van der Waals surface area contributed by atoms with Gasteiger partial charge < -0.3 is 10.2 Å². The molecule has 37 heavy (non-hydrogen) atoms. The fourth-order valence-electron chi connectivity index (χ4n) is 3.62. The summed E-state index contributed by atoms with van der Waals surface area (Å²) in [6.07, 6.45) is 1.65. The minimum atomic E-state index is -0.877. The maximum Gasteiger partial charge on any atom is 1.00 e.